The maximum atomic E-state index is 5.88. The lowest BCUT2D eigenvalue weighted by Crippen LogP contribution is -1.85. The Morgan fingerprint density at radius 3 is 2.88 bits per heavy atom. The molecule has 0 aliphatic carbocycles. The molecule has 2 rings (SSSR count). The van der Waals surface area contributed by atoms with Gasteiger partial charge in [0.15, 0.2) is 0 Å². The highest BCUT2D eigenvalue weighted by atomic mass is 35.5. The van der Waals surface area contributed by atoms with Crippen molar-refractivity contribution in [2.24, 2.45) is 0 Å². The minimum atomic E-state index is 0.493. The second kappa shape index (κ2) is 5.32. The molecule has 0 aliphatic rings. The molecule has 0 spiro atoms. The third kappa shape index (κ3) is 2.74. The van der Waals surface area contributed by atoms with Gasteiger partial charge >= 0.3 is 0 Å². The molecule has 0 fully saturated rings. The molecule has 0 saturated carbocycles. The summed E-state index contributed by atoms with van der Waals surface area (Å²) in [5.41, 5.74) is 0.831. The number of rotatable bonds is 4. The molecular weight excluding hydrogens is 247 g/mol. The fourth-order valence-corrected chi connectivity index (χ4v) is 1.63. The fraction of sp³-hybridized carbons (Fsp3) is 0.273. The Morgan fingerprint density at radius 2 is 2.12 bits per heavy atom. The second-order valence-corrected chi connectivity index (χ2v) is 4.12. The van der Waals surface area contributed by atoms with Crippen molar-refractivity contribution in [1.82, 2.24) is 10.2 Å². The summed E-state index contributed by atoms with van der Waals surface area (Å²) in [6, 6.07) is 7.32. The normalized spacial score (nSPS) is 10.6. The quantitative estimate of drug-likeness (QED) is 0.786. The highest BCUT2D eigenvalue weighted by Gasteiger charge is 2.08. The van der Waals surface area contributed by atoms with Gasteiger partial charge in [-0.15, -0.1) is 21.8 Å². The third-order valence-electron chi connectivity index (χ3n) is 2.06. The number of hydrogen-bond donors (Lipinski definition) is 0. The summed E-state index contributed by atoms with van der Waals surface area (Å²) in [4.78, 5) is 0. The molecule has 0 saturated heterocycles. The molecule has 3 nitrogen and oxygen atoms in total. The molecule has 16 heavy (non-hydrogen) atoms. The van der Waals surface area contributed by atoms with E-state index in [1.807, 2.05) is 12.1 Å². The maximum Gasteiger partial charge on any atom is 0.247 e. The van der Waals surface area contributed by atoms with Crippen molar-refractivity contribution in [3.8, 4) is 11.5 Å². The van der Waals surface area contributed by atoms with Crippen LogP contribution in [0.15, 0.2) is 28.7 Å². The Balaban J connectivity index is 2.18. The molecule has 0 bridgehead atoms. The van der Waals surface area contributed by atoms with Crippen molar-refractivity contribution in [3.05, 3.63) is 35.2 Å². The second-order valence-electron chi connectivity index (χ2n) is 3.30. The van der Waals surface area contributed by atoms with E-state index in [1.54, 1.807) is 12.1 Å². The molecule has 5 heteroatoms. The van der Waals surface area contributed by atoms with Crippen molar-refractivity contribution >= 4 is 23.2 Å². The van der Waals surface area contributed by atoms with Crippen LogP contribution in [0, 0.1) is 0 Å². The fourth-order valence-electron chi connectivity index (χ4n) is 1.31. The zero-order valence-electron chi connectivity index (χ0n) is 8.49. The monoisotopic (exact) mass is 256 g/mol. The van der Waals surface area contributed by atoms with Crippen LogP contribution in [-0.4, -0.2) is 16.1 Å². The van der Waals surface area contributed by atoms with E-state index < -0.39 is 0 Å². The van der Waals surface area contributed by atoms with Gasteiger partial charge in [0.2, 0.25) is 11.8 Å². The Kier molecular flexibility index (Phi) is 3.80. The summed E-state index contributed by atoms with van der Waals surface area (Å²) in [5, 5.41) is 8.55. The molecule has 0 radical (unpaired) electrons. The highest BCUT2D eigenvalue weighted by molar-refractivity contribution is 6.30. The first-order valence-corrected chi connectivity index (χ1v) is 5.85. The lowest BCUT2D eigenvalue weighted by Gasteiger charge is -1.94. The number of nitrogens with zero attached hydrogens (tertiary/aromatic N) is 2. The maximum absolute atomic E-state index is 5.88. The van der Waals surface area contributed by atoms with Gasteiger partial charge < -0.3 is 4.42 Å². The molecule has 0 amide bonds. The third-order valence-corrected chi connectivity index (χ3v) is 2.57. The first-order valence-electron chi connectivity index (χ1n) is 4.94. The summed E-state index contributed by atoms with van der Waals surface area (Å²) in [6.45, 7) is 0. The van der Waals surface area contributed by atoms with Gasteiger partial charge in [0.1, 0.15) is 0 Å². The molecule has 1 heterocycles. The summed E-state index contributed by atoms with van der Waals surface area (Å²) < 4.78 is 5.49. The van der Waals surface area contributed by atoms with E-state index in [-0.39, 0.29) is 0 Å². The average Bonchev–Trinajstić information content (AvgIpc) is 2.75. The molecule has 84 valence electrons. The Labute approximate surface area is 103 Å². The smallest absolute Gasteiger partial charge is 0.247 e. The molecule has 0 atom stereocenters. The van der Waals surface area contributed by atoms with Gasteiger partial charge in [-0.2, -0.15) is 0 Å². The molecule has 0 aliphatic heterocycles. The zero-order chi connectivity index (χ0) is 11.4. The van der Waals surface area contributed by atoms with E-state index in [0.29, 0.717) is 29.1 Å². The van der Waals surface area contributed by atoms with Crippen LogP contribution in [0.2, 0.25) is 5.02 Å². The SMILES string of the molecule is ClCCCc1nnc(-c2cccc(Cl)c2)o1. The number of hydrogen-bond acceptors (Lipinski definition) is 3. The standard InChI is InChI=1S/C11H10Cl2N2O/c12-6-2-5-10-14-15-11(16-10)8-3-1-4-9(13)7-8/h1,3-4,7H,2,5-6H2. The zero-order valence-corrected chi connectivity index (χ0v) is 10.0. The molecule has 2 aromatic rings. The Bertz CT molecular complexity index is 471. The molecule has 1 aromatic carbocycles. The van der Waals surface area contributed by atoms with Crippen molar-refractivity contribution < 1.29 is 4.42 Å². The largest absolute Gasteiger partial charge is 0.421 e. The molecule has 0 N–H and O–H groups in total. The first-order chi connectivity index (χ1) is 7.79. The van der Waals surface area contributed by atoms with Crippen LogP contribution in [-0.2, 0) is 6.42 Å². The van der Waals surface area contributed by atoms with Crippen molar-refractivity contribution in [1.29, 1.82) is 0 Å². The number of halogens is 2. The molecular formula is C11H10Cl2N2O. The van der Waals surface area contributed by atoms with Crippen LogP contribution in [0.25, 0.3) is 11.5 Å². The topological polar surface area (TPSA) is 38.9 Å². The van der Waals surface area contributed by atoms with Gasteiger partial charge in [0.25, 0.3) is 0 Å². The summed E-state index contributed by atoms with van der Waals surface area (Å²) in [7, 11) is 0. The first kappa shape index (κ1) is 11.4. The predicted molar refractivity (Wildman–Crippen MR) is 63.8 cm³/mol. The van der Waals surface area contributed by atoms with Gasteiger partial charge in [-0.3, -0.25) is 0 Å². The van der Waals surface area contributed by atoms with Crippen LogP contribution in [0.5, 0.6) is 0 Å². The van der Waals surface area contributed by atoms with E-state index in [4.69, 9.17) is 27.6 Å². The van der Waals surface area contributed by atoms with E-state index in [1.165, 1.54) is 0 Å². The van der Waals surface area contributed by atoms with E-state index in [0.717, 1.165) is 12.0 Å². The van der Waals surface area contributed by atoms with Crippen molar-refractivity contribution in [3.63, 3.8) is 0 Å². The predicted octanol–water partition coefficient (Wildman–Crippen LogP) is 3.56. The number of aryl methyl sites for hydroxylation is 1. The summed E-state index contributed by atoms with van der Waals surface area (Å²) >= 11 is 11.5. The van der Waals surface area contributed by atoms with Crippen LogP contribution in [0.1, 0.15) is 12.3 Å². The van der Waals surface area contributed by atoms with Crippen LogP contribution < -0.4 is 0 Å². The van der Waals surface area contributed by atoms with E-state index in [2.05, 4.69) is 10.2 Å². The van der Waals surface area contributed by atoms with Crippen molar-refractivity contribution in [2.45, 2.75) is 12.8 Å². The highest BCUT2D eigenvalue weighted by Crippen LogP contribution is 2.21. The number of benzene rings is 1. The summed E-state index contributed by atoms with van der Waals surface area (Å²) in [6.07, 6.45) is 1.54. The summed E-state index contributed by atoms with van der Waals surface area (Å²) in [5.74, 6) is 1.69. The van der Waals surface area contributed by atoms with E-state index in [9.17, 15) is 0 Å². The lowest BCUT2D eigenvalue weighted by atomic mass is 10.2. The van der Waals surface area contributed by atoms with Crippen LogP contribution in [0.3, 0.4) is 0 Å². The van der Waals surface area contributed by atoms with Gasteiger partial charge in [-0.25, -0.2) is 0 Å². The van der Waals surface area contributed by atoms with Gasteiger partial charge in [0.05, 0.1) is 0 Å². The Hall–Kier alpha value is -1.06. The van der Waals surface area contributed by atoms with Crippen LogP contribution in [0.4, 0.5) is 0 Å². The minimum absolute atomic E-state index is 0.493. The van der Waals surface area contributed by atoms with Gasteiger partial charge in [-0.1, -0.05) is 17.7 Å². The lowest BCUT2D eigenvalue weighted by molar-refractivity contribution is 0.502. The molecule has 1 aromatic heterocycles. The van der Waals surface area contributed by atoms with Gasteiger partial charge in [-0.05, 0) is 24.6 Å². The van der Waals surface area contributed by atoms with Crippen LogP contribution >= 0.6 is 23.2 Å². The number of alkyl halides is 1. The Morgan fingerprint density at radius 1 is 1.25 bits per heavy atom. The average molecular weight is 257 g/mol. The van der Waals surface area contributed by atoms with Crippen molar-refractivity contribution in [2.75, 3.05) is 5.88 Å². The van der Waals surface area contributed by atoms with E-state index >= 15 is 0 Å². The number of aromatic nitrogens is 2. The van der Waals surface area contributed by atoms with Gasteiger partial charge in [0, 0.05) is 22.9 Å². The minimum Gasteiger partial charge on any atom is -0.421 e. The molecule has 0 unspecified atom stereocenters.